The summed E-state index contributed by atoms with van der Waals surface area (Å²) in [6.45, 7) is 4.12. The molecule has 1 aliphatic heterocycles. The Morgan fingerprint density at radius 1 is 1.14 bits per heavy atom. The molecule has 0 saturated carbocycles. The fourth-order valence-corrected chi connectivity index (χ4v) is 5.13. The number of nitrogens with two attached hydrogens (primary N) is 1. The van der Waals surface area contributed by atoms with Crippen LogP contribution in [-0.2, 0) is 4.79 Å². The van der Waals surface area contributed by atoms with Crippen molar-refractivity contribution in [3.8, 4) is 12.1 Å². The maximum atomic E-state index is 13.3. The molecular formula is C23H20N4OS. The summed E-state index contributed by atoms with van der Waals surface area (Å²) in [4.78, 5) is 16.0. The highest BCUT2D eigenvalue weighted by molar-refractivity contribution is 7.10. The average Bonchev–Trinajstić information content (AvgIpc) is 3.20. The van der Waals surface area contributed by atoms with Gasteiger partial charge in [0, 0.05) is 22.6 Å². The maximum absolute atomic E-state index is 13.3. The number of hydrogen-bond acceptors (Lipinski definition) is 6. The largest absolute Gasteiger partial charge is 0.384 e. The third-order valence-corrected chi connectivity index (χ3v) is 6.41. The van der Waals surface area contributed by atoms with Gasteiger partial charge in [-0.25, -0.2) is 0 Å². The first-order chi connectivity index (χ1) is 13.9. The Kier molecular flexibility index (Phi) is 4.53. The standard InChI is InChI=1S/C23H20N4OS/c1-23(2)10-17-21(18(28)11-23)20(19-8-5-9-29-19)15(13-25)22(26)27(17)16-7-4-3-6-14(16)12-24/h3-9,20H,10-11,26H2,1-2H3/t20-/m1/s1. The first-order valence-electron chi connectivity index (χ1n) is 9.36. The minimum absolute atomic E-state index is 0.0364. The van der Waals surface area contributed by atoms with Crippen molar-refractivity contribution >= 4 is 22.8 Å². The lowest BCUT2D eigenvalue weighted by Crippen LogP contribution is -2.42. The lowest BCUT2D eigenvalue weighted by molar-refractivity contribution is -0.118. The van der Waals surface area contributed by atoms with Crippen LogP contribution in [0.2, 0.25) is 0 Å². The number of carbonyl (C=O) groups is 1. The first-order valence-corrected chi connectivity index (χ1v) is 10.2. The number of ketones is 1. The highest BCUT2D eigenvalue weighted by Crippen LogP contribution is 2.51. The van der Waals surface area contributed by atoms with Crippen LogP contribution in [-0.4, -0.2) is 5.78 Å². The van der Waals surface area contributed by atoms with E-state index in [1.54, 1.807) is 17.0 Å². The summed E-state index contributed by atoms with van der Waals surface area (Å²) >= 11 is 1.51. The number of hydrogen-bond donors (Lipinski definition) is 1. The van der Waals surface area contributed by atoms with Crippen LogP contribution in [0.25, 0.3) is 0 Å². The highest BCUT2D eigenvalue weighted by Gasteiger charge is 2.45. The van der Waals surface area contributed by atoms with Crippen molar-refractivity contribution in [1.82, 2.24) is 0 Å². The number of allylic oxidation sites excluding steroid dienone is 3. The van der Waals surface area contributed by atoms with Crippen molar-refractivity contribution in [3.63, 3.8) is 0 Å². The molecule has 0 unspecified atom stereocenters. The Bertz CT molecular complexity index is 1140. The number of benzene rings is 1. The monoisotopic (exact) mass is 400 g/mol. The molecule has 0 spiro atoms. The molecule has 2 heterocycles. The van der Waals surface area contributed by atoms with Crippen LogP contribution in [0.3, 0.4) is 0 Å². The molecule has 1 aliphatic carbocycles. The van der Waals surface area contributed by atoms with E-state index in [4.69, 9.17) is 5.73 Å². The molecule has 2 aliphatic rings. The second-order valence-corrected chi connectivity index (χ2v) is 9.10. The molecule has 5 nitrogen and oxygen atoms in total. The normalized spacial score (nSPS) is 20.9. The second kappa shape index (κ2) is 6.92. The summed E-state index contributed by atoms with van der Waals surface area (Å²) in [6, 6.07) is 15.5. The number of nitrogens with zero attached hydrogens (tertiary/aromatic N) is 3. The molecule has 0 amide bonds. The minimum atomic E-state index is -0.455. The van der Waals surface area contributed by atoms with Crippen LogP contribution >= 0.6 is 11.3 Å². The van der Waals surface area contributed by atoms with Crippen molar-refractivity contribution in [3.05, 3.63) is 74.9 Å². The third kappa shape index (κ3) is 3.03. The fourth-order valence-electron chi connectivity index (χ4n) is 4.29. The van der Waals surface area contributed by atoms with Crippen molar-refractivity contribution in [2.24, 2.45) is 11.1 Å². The second-order valence-electron chi connectivity index (χ2n) is 8.12. The van der Waals surface area contributed by atoms with Gasteiger partial charge in [0.05, 0.1) is 28.8 Å². The molecular weight excluding hydrogens is 380 g/mol. The van der Waals surface area contributed by atoms with E-state index in [1.807, 2.05) is 29.6 Å². The Hall–Kier alpha value is -3.35. The molecule has 0 radical (unpaired) electrons. The van der Waals surface area contributed by atoms with Crippen molar-refractivity contribution in [1.29, 1.82) is 10.5 Å². The van der Waals surface area contributed by atoms with Gasteiger partial charge in [0.2, 0.25) is 0 Å². The van der Waals surface area contributed by atoms with E-state index in [9.17, 15) is 15.3 Å². The summed E-state index contributed by atoms with van der Waals surface area (Å²) < 4.78 is 0. The van der Waals surface area contributed by atoms with Gasteiger partial charge in [-0.2, -0.15) is 10.5 Å². The molecule has 144 valence electrons. The van der Waals surface area contributed by atoms with Gasteiger partial charge in [0.25, 0.3) is 0 Å². The Labute approximate surface area is 174 Å². The van der Waals surface area contributed by atoms with Gasteiger partial charge in [-0.1, -0.05) is 32.0 Å². The summed E-state index contributed by atoms with van der Waals surface area (Å²) in [5.41, 5.74) is 9.15. The predicted octanol–water partition coefficient (Wildman–Crippen LogP) is 4.56. The van der Waals surface area contributed by atoms with E-state index in [0.717, 1.165) is 10.6 Å². The number of Topliss-reactive ketones (excluding diaryl/α,β-unsaturated/α-hetero) is 1. The van der Waals surface area contributed by atoms with E-state index >= 15 is 0 Å². The Morgan fingerprint density at radius 2 is 1.90 bits per heavy atom. The van der Waals surface area contributed by atoms with E-state index < -0.39 is 5.92 Å². The van der Waals surface area contributed by atoms with Crippen molar-refractivity contribution in [2.45, 2.75) is 32.6 Å². The molecule has 0 fully saturated rings. The highest BCUT2D eigenvalue weighted by atomic mass is 32.1. The van der Waals surface area contributed by atoms with Gasteiger partial charge in [-0.3, -0.25) is 9.69 Å². The third-order valence-electron chi connectivity index (χ3n) is 5.47. The average molecular weight is 401 g/mol. The molecule has 4 rings (SSSR count). The van der Waals surface area contributed by atoms with Crippen molar-refractivity contribution < 1.29 is 4.79 Å². The summed E-state index contributed by atoms with van der Waals surface area (Å²) in [5, 5.41) is 21.6. The Morgan fingerprint density at radius 3 is 2.55 bits per heavy atom. The number of anilines is 1. The number of carbonyl (C=O) groups excluding carboxylic acids is 1. The van der Waals surface area contributed by atoms with Gasteiger partial charge < -0.3 is 5.73 Å². The molecule has 0 bridgehead atoms. The lowest BCUT2D eigenvalue weighted by Gasteiger charge is -2.43. The topological polar surface area (TPSA) is 93.9 Å². The maximum Gasteiger partial charge on any atom is 0.162 e. The van der Waals surface area contributed by atoms with Crippen molar-refractivity contribution in [2.75, 3.05) is 4.90 Å². The Balaban J connectivity index is 2.04. The SMILES string of the molecule is CC1(C)CC(=O)C2=C(C1)N(c1ccccc1C#N)C(N)=C(C#N)[C@@H]2c1cccs1. The van der Waals surface area contributed by atoms with Gasteiger partial charge in [0.1, 0.15) is 11.9 Å². The van der Waals surface area contributed by atoms with Crippen LogP contribution in [0, 0.1) is 28.1 Å². The zero-order chi connectivity index (χ0) is 20.8. The van der Waals surface area contributed by atoms with Crippen LogP contribution in [0.5, 0.6) is 0 Å². The minimum Gasteiger partial charge on any atom is -0.384 e. The summed E-state index contributed by atoms with van der Waals surface area (Å²) in [7, 11) is 0. The summed E-state index contributed by atoms with van der Waals surface area (Å²) in [5.74, 6) is -0.128. The van der Waals surface area contributed by atoms with E-state index in [0.29, 0.717) is 35.2 Å². The zero-order valence-electron chi connectivity index (χ0n) is 16.3. The van der Waals surface area contributed by atoms with Crippen LogP contribution in [0.4, 0.5) is 5.69 Å². The first kappa shape index (κ1) is 19.0. The van der Waals surface area contributed by atoms with E-state index in [1.165, 1.54) is 11.3 Å². The molecule has 6 heteroatoms. The van der Waals surface area contributed by atoms with Gasteiger partial charge in [0.15, 0.2) is 5.78 Å². The van der Waals surface area contributed by atoms with Gasteiger partial charge in [-0.05, 0) is 35.4 Å². The molecule has 2 aromatic rings. The smallest absolute Gasteiger partial charge is 0.162 e. The molecule has 2 N–H and O–H groups in total. The van der Waals surface area contributed by atoms with E-state index in [2.05, 4.69) is 26.0 Å². The van der Waals surface area contributed by atoms with Gasteiger partial charge >= 0.3 is 0 Å². The predicted molar refractivity (Wildman–Crippen MR) is 113 cm³/mol. The number of rotatable bonds is 2. The van der Waals surface area contributed by atoms with Crippen LogP contribution in [0.1, 0.15) is 43.0 Å². The number of nitriles is 2. The van der Waals surface area contributed by atoms with Crippen LogP contribution < -0.4 is 10.6 Å². The zero-order valence-corrected chi connectivity index (χ0v) is 17.1. The molecule has 0 saturated heterocycles. The number of thiophene rings is 1. The quantitative estimate of drug-likeness (QED) is 0.797. The van der Waals surface area contributed by atoms with Gasteiger partial charge in [-0.15, -0.1) is 11.3 Å². The molecule has 1 aromatic carbocycles. The fraction of sp³-hybridized carbons (Fsp3) is 0.261. The summed E-state index contributed by atoms with van der Waals surface area (Å²) in [6.07, 6.45) is 1.05. The molecule has 29 heavy (non-hydrogen) atoms. The lowest BCUT2D eigenvalue weighted by atomic mass is 9.69. The molecule has 1 atom stereocenters. The van der Waals surface area contributed by atoms with Crippen LogP contribution in [0.15, 0.2) is 64.4 Å². The molecule has 1 aromatic heterocycles. The van der Waals surface area contributed by atoms with E-state index in [-0.39, 0.29) is 17.0 Å². The number of para-hydroxylation sites is 1.